The van der Waals surface area contributed by atoms with Gasteiger partial charge in [-0.3, -0.25) is 14.4 Å². The summed E-state index contributed by atoms with van der Waals surface area (Å²) in [6.07, 6.45) is 4.27. The summed E-state index contributed by atoms with van der Waals surface area (Å²) in [5.41, 5.74) is 1.44. The molecule has 2 bridgehead atoms. The number of hydrogen-bond acceptors (Lipinski definition) is 4. The predicted octanol–water partition coefficient (Wildman–Crippen LogP) is 1.96. The summed E-state index contributed by atoms with van der Waals surface area (Å²) >= 11 is 0. The van der Waals surface area contributed by atoms with Crippen molar-refractivity contribution in [3.63, 3.8) is 0 Å². The van der Waals surface area contributed by atoms with Crippen LogP contribution in [-0.2, 0) is 9.59 Å². The van der Waals surface area contributed by atoms with E-state index in [4.69, 9.17) is 0 Å². The lowest BCUT2D eigenvalue weighted by Crippen LogP contribution is -2.48. The maximum Gasteiger partial charge on any atom is 0.253 e. The normalized spacial score (nSPS) is 24.0. The summed E-state index contributed by atoms with van der Waals surface area (Å²) < 4.78 is 0. The summed E-state index contributed by atoms with van der Waals surface area (Å²) in [6, 6.07) is 6.14. The molecule has 26 heavy (non-hydrogen) atoms. The molecule has 1 aromatic carbocycles. The van der Waals surface area contributed by atoms with Gasteiger partial charge in [-0.1, -0.05) is 0 Å². The number of benzene rings is 1. The van der Waals surface area contributed by atoms with Crippen molar-refractivity contribution in [1.82, 2.24) is 10.2 Å². The first-order valence-corrected chi connectivity index (χ1v) is 9.05. The van der Waals surface area contributed by atoms with Gasteiger partial charge >= 0.3 is 0 Å². The molecule has 7 heteroatoms. The molecule has 3 amide bonds. The number of piperidine rings is 1. The largest absolute Gasteiger partial charge is 0.339 e. The van der Waals surface area contributed by atoms with Crippen LogP contribution in [0, 0.1) is 0 Å². The number of hydrogen-bond donors (Lipinski definition) is 3. The number of fused-ring (bicyclic) bond motifs is 2. The van der Waals surface area contributed by atoms with Crippen LogP contribution in [0.25, 0.3) is 0 Å². The highest BCUT2D eigenvalue weighted by Crippen LogP contribution is 2.30. The van der Waals surface area contributed by atoms with Gasteiger partial charge in [-0.15, -0.1) is 0 Å². The van der Waals surface area contributed by atoms with Crippen LogP contribution in [0.5, 0.6) is 0 Å². The number of amides is 3. The minimum Gasteiger partial charge on any atom is -0.339 e. The van der Waals surface area contributed by atoms with Crippen molar-refractivity contribution < 1.29 is 14.4 Å². The zero-order chi connectivity index (χ0) is 18.8. The van der Waals surface area contributed by atoms with Crippen LogP contribution >= 0.6 is 0 Å². The molecule has 0 saturated carbocycles. The molecule has 2 heterocycles. The molecule has 140 valence electrons. The van der Waals surface area contributed by atoms with Gasteiger partial charge in [0.05, 0.1) is 0 Å². The Hall–Kier alpha value is -2.41. The molecule has 3 rings (SSSR count). The average molecular weight is 358 g/mol. The van der Waals surface area contributed by atoms with Crippen LogP contribution in [0.3, 0.4) is 0 Å². The van der Waals surface area contributed by atoms with Gasteiger partial charge in [-0.2, -0.15) is 0 Å². The van der Waals surface area contributed by atoms with Crippen molar-refractivity contribution >= 4 is 29.1 Å². The van der Waals surface area contributed by atoms with E-state index >= 15 is 0 Å². The van der Waals surface area contributed by atoms with E-state index in [2.05, 4.69) is 16.0 Å². The van der Waals surface area contributed by atoms with Gasteiger partial charge in [0.1, 0.15) is 0 Å². The maximum atomic E-state index is 13.0. The number of carbonyl (C=O) groups is 3. The molecule has 2 atom stereocenters. The maximum absolute atomic E-state index is 13.0. The molecule has 2 unspecified atom stereocenters. The van der Waals surface area contributed by atoms with Crippen LogP contribution in [0.1, 0.15) is 49.9 Å². The van der Waals surface area contributed by atoms with Crippen molar-refractivity contribution in [3.8, 4) is 0 Å². The van der Waals surface area contributed by atoms with E-state index in [1.165, 1.54) is 26.7 Å². The number of nitrogens with zero attached hydrogens (tertiary/aromatic N) is 1. The SMILES string of the molecule is CC(=O)Nc1cc(NC(C)=O)cc(C(=O)N(C)C2CC3CCC(C2)N3)c1. The van der Waals surface area contributed by atoms with Crippen molar-refractivity contribution in [3.05, 3.63) is 23.8 Å². The van der Waals surface area contributed by atoms with Crippen molar-refractivity contribution in [2.75, 3.05) is 17.7 Å². The minimum atomic E-state index is -0.230. The van der Waals surface area contributed by atoms with Gasteiger partial charge in [-0.05, 0) is 43.9 Å². The van der Waals surface area contributed by atoms with Crippen LogP contribution in [0.2, 0.25) is 0 Å². The Morgan fingerprint density at radius 1 is 0.962 bits per heavy atom. The Balaban J connectivity index is 1.82. The summed E-state index contributed by atoms with van der Waals surface area (Å²) in [5.74, 6) is -0.562. The fourth-order valence-electron chi connectivity index (χ4n) is 4.01. The smallest absolute Gasteiger partial charge is 0.253 e. The third-order valence-electron chi connectivity index (χ3n) is 5.14. The second-order valence-electron chi connectivity index (χ2n) is 7.34. The molecule has 2 fully saturated rings. The lowest BCUT2D eigenvalue weighted by Gasteiger charge is -2.35. The highest BCUT2D eigenvalue weighted by atomic mass is 16.2. The van der Waals surface area contributed by atoms with Gasteiger partial charge in [0.25, 0.3) is 5.91 Å². The molecule has 0 aromatic heterocycles. The van der Waals surface area contributed by atoms with Crippen molar-refractivity contribution in [2.24, 2.45) is 0 Å². The van der Waals surface area contributed by atoms with Gasteiger partial charge in [-0.25, -0.2) is 0 Å². The number of rotatable bonds is 4. The minimum absolute atomic E-state index is 0.102. The fraction of sp³-hybridized carbons (Fsp3) is 0.526. The van der Waals surface area contributed by atoms with E-state index < -0.39 is 0 Å². The highest BCUT2D eigenvalue weighted by Gasteiger charge is 2.36. The summed E-state index contributed by atoms with van der Waals surface area (Å²) in [6.45, 7) is 2.81. The van der Waals surface area contributed by atoms with Gasteiger partial charge in [0, 0.05) is 56.0 Å². The highest BCUT2D eigenvalue weighted by molar-refractivity contribution is 6.00. The molecule has 0 aliphatic carbocycles. The van der Waals surface area contributed by atoms with Crippen LogP contribution in [0.15, 0.2) is 18.2 Å². The lowest BCUT2D eigenvalue weighted by molar-refractivity contribution is -0.115. The third-order valence-corrected chi connectivity index (χ3v) is 5.14. The second kappa shape index (κ2) is 7.45. The van der Waals surface area contributed by atoms with Crippen LogP contribution < -0.4 is 16.0 Å². The molecule has 1 aromatic rings. The monoisotopic (exact) mass is 358 g/mol. The van der Waals surface area contributed by atoms with Crippen LogP contribution in [-0.4, -0.2) is 47.8 Å². The summed E-state index contributed by atoms with van der Waals surface area (Å²) in [7, 11) is 1.83. The van der Waals surface area contributed by atoms with E-state index in [1.807, 2.05) is 7.05 Å². The third kappa shape index (κ3) is 4.22. The number of nitrogens with one attached hydrogen (secondary N) is 3. The Kier molecular flexibility index (Phi) is 5.27. The lowest BCUT2D eigenvalue weighted by atomic mass is 9.98. The Morgan fingerprint density at radius 2 is 1.46 bits per heavy atom. The van der Waals surface area contributed by atoms with E-state index in [0.717, 1.165) is 12.8 Å². The molecule has 2 aliphatic heterocycles. The molecular weight excluding hydrogens is 332 g/mol. The first-order chi connectivity index (χ1) is 12.3. The zero-order valence-electron chi connectivity index (χ0n) is 15.5. The van der Waals surface area contributed by atoms with E-state index in [-0.39, 0.29) is 23.8 Å². The fourth-order valence-corrected chi connectivity index (χ4v) is 4.01. The predicted molar refractivity (Wildman–Crippen MR) is 100 cm³/mol. The zero-order valence-corrected chi connectivity index (χ0v) is 15.5. The summed E-state index contributed by atoms with van der Waals surface area (Å²) in [5, 5.41) is 8.95. The molecule has 0 radical (unpaired) electrons. The number of anilines is 2. The van der Waals surface area contributed by atoms with Gasteiger partial charge in [0.2, 0.25) is 11.8 Å². The van der Waals surface area contributed by atoms with Gasteiger partial charge < -0.3 is 20.9 Å². The van der Waals surface area contributed by atoms with Crippen LogP contribution in [0.4, 0.5) is 11.4 Å². The standard InChI is InChI=1S/C19H26N4O3/c1-11(24)20-16-6-13(7-17(8-16)21-12(2)25)19(26)23(3)18-9-14-4-5-15(10-18)22-14/h6-8,14-15,18,22H,4-5,9-10H2,1-3H3,(H,20,24)(H,21,25). The van der Waals surface area contributed by atoms with E-state index in [9.17, 15) is 14.4 Å². The molecule has 7 nitrogen and oxygen atoms in total. The molecule has 0 spiro atoms. The first-order valence-electron chi connectivity index (χ1n) is 9.05. The molecule has 2 saturated heterocycles. The van der Waals surface area contributed by atoms with Crippen molar-refractivity contribution in [1.29, 1.82) is 0 Å². The second-order valence-corrected chi connectivity index (χ2v) is 7.34. The topological polar surface area (TPSA) is 90.5 Å². The van der Waals surface area contributed by atoms with Crippen molar-refractivity contribution in [2.45, 2.75) is 57.7 Å². The van der Waals surface area contributed by atoms with E-state index in [0.29, 0.717) is 29.0 Å². The molecule has 2 aliphatic rings. The average Bonchev–Trinajstić information content (AvgIpc) is 2.90. The first kappa shape index (κ1) is 18.4. The van der Waals surface area contributed by atoms with E-state index in [1.54, 1.807) is 23.1 Å². The quantitative estimate of drug-likeness (QED) is 0.767. The Morgan fingerprint density at radius 3 is 1.92 bits per heavy atom. The Labute approximate surface area is 153 Å². The molecular formula is C19H26N4O3. The molecule has 3 N–H and O–H groups in total. The summed E-state index contributed by atoms with van der Waals surface area (Å²) in [4.78, 5) is 37.6. The number of carbonyl (C=O) groups excluding carboxylic acids is 3. The Bertz CT molecular complexity index is 687. The van der Waals surface area contributed by atoms with Gasteiger partial charge in [0.15, 0.2) is 0 Å².